The molecule has 7 heteroatoms. The molecule has 1 N–H and O–H groups in total. The fourth-order valence-electron chi connectivity index (χ4n) is 0.341. The van der Waals surface area contributed by atoms with E-state index in [-0.39, 0.29) is 13.1 Å². The first-order chi connectivity index (χ1) is 5.20. The van der Waals surface area contributed by atoms with Crippen LogP contribution in [0.15, 0.2) is 8.73 Å². The van der Waals surface area contributed by atoms with E-state index in [2.05, 4.69) is 38.9 Å². The van der Waals surface area contributed by atoms with Gasteiger partial charge in [-0.15, -0.1) is 8.73 Å². The molecule has 0 aliphatic carbocycles. The van der Waals surface area contributed by atoms with Gasteiger partial charge < -0.3 is 0 Å². The third kappa shape index (κ3) is 5.77. The first-order valence-electron chi connectivity index (χ1n) is 2.63. The van der Waals surface area contributed by atoms with Gasteiger partial charge >= 0.3 is 0 Å². The molecule has 0 aliphatic rings. The second-order valence-corrected chi connectivity index (χ2v) is 1.94. The van der Waals surface area contributed by atoms with E-state index in [0.29, 0.717) is 0 Å². The number of carbonyl (C=O) groups is 2. The third-order valence-electron chi connectivity index (χ3n) is 0.756. The molecule has 11 heavy (non-hydrogen) atoms. The van der Waals surface area contributed by atoms with Gasteiger partial charge in [0, 0.05) is 24.9 Å². The average Bonchev–Trinajstić information content (AvgIpc) is 2.04. The number of hydrogen-bond donors (Lipinski definition) is 1. The number of nitrogens with one attached hydrogen (secondary N) is 1. The standard InChI is InChI=1S/C4H5N3O2S2/c8-3(6-10)1-5-2-4(9)7-11/h5H,1-2H2. The van der Waals surface area contributed by atoms with E-state index >= 15 is 0 Å². The summed E-state index contributed by atoms with van der Waals surface area (Å²) < 4.78 is 5.85. The average molecular weight is 191 g/mol. The molecule has 0 fully saturated rings. The fraction of sp³-hybridized carbons (Fsp3) is 0.500. The summed E-state index contributed by atoms with van der Waals surface area (Å²) in [6.45, 7) is -0.111. The van der Waals surface area contributed by atoms with Crippen molar-refractivity contribution in [1.82, 2.24) is 5.32 Å². The van der Waals surface area contributed by atoms with Crippen molar-refractivity contribution in [3.63, 3.8) is 0 Å². The maximum atomic E-state index is 10.4. The molecule has 0 heterocycles. The predicted molar refractivity (Wildman–Crippen MR) is 42.5 cm³/mol. The molecule has 0 radical (unpaired) electrons. The smallest absolute Gasteiger partial charge is 0.270 e. The van der Waals surface area contributed by atoms with Crippen molar-refractivity contribution in [2.45, 2.75) is 0 Å². The zero-order valence-electron chi connectivity index (χ0n) is 5.44. The van der Waals surface area contributed by atoms with Crippen molar-refractivity contribution < 1.29 is 9.59 Å². The Kier molecular flexibility index (Phi) is 5.71. The Labute approximate surface area is 73.9 Å². The monoisotopic (exact) mass is 191 g/mol. The van der Waals surface area contributed by atoms with Crippen LogP contribution in [0.1, 0.15) is 0 Å². The Morgan fingerprint density at radius 3 is 1.73 bits per heavy atom. The lowest BCUT2D eigenvalue weighted by atomic mass is 10.5. The van der Waals surface area contributed by atoms with Crippen molar-refractivity contribution >= 4 is 36.7 Å². The van der Waals surface area contributed by atoms with Gasteiger partial charge in [0.05, 0.1) is 13.1 Å². The molecule has 0 aromatic carbocycles. The predicted octanol–water partition coefficient (Wildman–Crippen LogP) is -0.910. The van der Waals surface area contributed by atoms with E-state index in [1.165, 1.54) is 0 Å². The van der Waals surface area contributed by atoms with Crippen molar-refractivity contribution in [2.24, 2.45) is 8.73 Å². The molecular formula is C4H5N3O2S2. The molecule has 0 spiro atoms. The molecular weight excluding hydrogens is 186 g/mol. The number of carbonyl (C=O) groups excluding carboxylic acids is 2. The summed E-state index contributed by atoms with van der Waals surface area (Å²) in [7, 11) is 0. The van der Waals surface area contributed by atoms with Gasteiger partial charge in [0.25, 0.3) is 11.8 Å². The quantitative estimate of drug-likeness (QED) is 0.623. The van der Waals surface area contributed by atoms with Crippen LogP contribution in [0, 0.1) is 0 Å². The van der Waals surface area contributed by atoms with E-state index in [0.717, 1.165) is 0 Å². The maximum Gasteiger partial charge on any atom is 0.270 e. The Morgan fingerprint density at radius 2 is 1.45 bits per heavy atom. The summed E-state index contributed by atoms with van der Waals surface area (Å²) in [5, 5.41) is 2.47. The highest BCUT2D eigenvalue weighted by Crippen LogP contribution is 1.72. The van der Waals surface area contributed by atoms with Gasteiger partial charge in [-0.1, -0.05) is 0 Å². The number of hydrogen-bond acceptors (Lipinski definition) is 5. The van der Waals surface area contributed by atoms with Crippen molar-refractivity contribution in [2.75, 3.05) is 13.1 Å². The lowest BCUT2D eigenvalue weighted by molar-refractivity contribution is -0.117. The van der Waals surface area contributed by atoms with Gasteiger partial charge in [0.15, 0.2) is 0 Å². The van der Waals surface area contributed by atoms with E-state index in [1.807, 2.05) is 0 Å². The minimum absolute atomic E-state index is 0.0555. The van der Waals surface area contributed by atoms with E-state index < -0.39 is 11.8 Å². The Bertz CT molecular complexity index is 174. The highest BCUT2D eigenvalue weighted by atomic mass is 32.1. The van der Waals surface area contributed by atoms with E-state index in [9.17, 15) is 9.59 Å². The zero-order valence-corrected chi connectivity index (χ0v) is 7.07. The summed E-state index contributed by atoms with van der Waals surface area (Å²) in [6, 6.07) is 0. The normalized spacial score (nSPS) is 8.73. The molecule has 2 amide bonds. The summed E-state index contributed by atoms with van der Waals surface area (Å²) in [4.78, 5) is 20.8. The molecule has 0 rings (SSSR count). The number of rotatable bonds is 4. The molecule has 0 atom stereocenters. The van der Waals surface area contributed by atoms with Crippen LogP contribution in [0.2, 0.25) is 0 Å². The van der Waals surface area contributed by atoms with Crippen LogP contribution in [0.25, 0.3) is 0 Å². The lowest BCUT2D eigenvalue weighted by Gasteiger charge is -1.94. The van der Waals surface area contributed by atoms with Crippen LogP contribution >= 0.6 is 0 Å². The van der Waals surface area contributed by atoms with Gasteiger partial charge in [-0.3, -0.25) is 14.9 Å². The van der Waals surface area contributed by atoms with Crippen LogP contribution < -0.4 is 5.32 Å². The van der Waals surface area contributed by atoms with Crippen LogP contribution in [0.3, 0.4) is 0 Å². The lowest BCUT2D eigenvalue weighted by Crippen LogP contribution is -2.26. The van der Waals surface area contributed by atoms with Gasteiger partial charge in [-0.25, -0.2) is 0 Å². The Hall–Kier alpha value is -0.660. The van der Waals surface area contributed by atoms with Crippen molar-refractivity contribution in [1.29, 1.82) is 0 Å². The number of amides is 2. The number of nitrogens with zero attached hydrogens (tertiary/aromatic N) is 2. The summed E-state index contributed by atoms with van der Waals surface area (Å²) in [5.41, 5.74) is 0. The van der Waals surface area contributed by atoms with Crippen LogP contribution in [-0.4, -0.2) is 24.9 Å². The minimum Gasteiger partial charge on any atom is -0.300 e. The highest BCUT2D eigenvalue weighted by Gasteiger charge is 2.00. The second kappa shape index (κ2) is 6.08. The second-order valence-electron chi connectivity index (χ2n) is 1.57. The molecule has 5 nitrogen and oxygen atoms in total. The molecule has 0 bridgehead atoms. The van der Waals surface area contributed by atoms with Crippen molar-refractivity contribution in [3.05, 3.63) is 0 Å². The SMILES string of the molecule is O=C(CNCC(=O)N=S)N=S. The highest BCUT2D eigenvalue weighted by molar-refractivity contribution is 7.48. The van der Waals surface area contributed by atoms with Crippen molar-refractivity contribution in [3.8, 4) is 0 Å². The van der Waals surface area contributed by atoms with Gasteiger partial charge in [0.2, 0.25) is 0 Å². The van der Waals surface area contributed by atoms with Crippen LogP contribution in [0.4, 0.5) is 0 Å². The summed E-state index contributed by atoms with van der Waals surface area (Å²) in [6.07, 6.45) is 0. The zero-order chi connectivity index (χ0) is 8.69. The van der Waals surface area contributed by atoms with Crippen LogP contribution in [0.5, 0.6) is 0 Å². The minimum atomic E-state index is -0.489. The molecule has 60 valence electrons. The van der Waals surface area contributed by atoms with E-state index in [1.54, 1.807) is 0 Å². The third-order valence-corrected chi connectivity index (χ3v) is 1.16. The topological polar surface area (TPSA) is 70.9 Å². The first-order valence-corrected chi connectivity index (χ1v) is 3.37. The molecule has 0 unspecified atom stereocenters. The Morgan fingerprint density at radius 1 is 1.09 bits per heavy atom. The first kappa shape index (κ1) is 10.3. The fourth-order valence-corrected chi connectivity index (χ4v) is 0.470. The van der Waals surface area contributed by atoms with Gasteiger partial charge in [-0.2, -0.15) is 0 Å². The van der Waals surface area contributed by atoms with Crippen LogP contribution in [-0.2, 0) is 34.4 Å². The summed E-state index contributed by atoms with van der Waals surface area (Å²) in [5.74, 6) is -0.977. The maximum absolute atomic E-state index is 10.4. The molecule has 0 aromatic rings. The molecule has 0 aromatic heterocycles. The van der Waals surface area contributed by atoms with Gasteiger partial charge in [0.1, 0.15) is 0 Å². The molecule has 0 saturated carbocycles. The molecule has 0 saturated heterocycles. The largest absolute Gasteiger partial charge is 0.300 e. The summed E-state index contributed by atoms with van der Waals surface area (Å²) >= 11 is 8.18. The molecule has 0 aliphatic heterocycles. The van der Waals surface area contributed by atoms with E-state index in [4.69, 9.17) is 0 Å². The van der Waals surface area contributed by atoms with Gasteiger partial charge in [-0.05, 0) is 0 Å². The Balaban J connectivity index is 3.41.